The molecule has 1 aromatic rings. The molecular weight excluding hydrogens is 240 g/mol. The Bertz CT molecular complexity index is 379. The van der Waals surface area contributed by atoms with E-state index in [9.17, 15) is 4.79 Å². The van der Waals surface area contributed by atoms with E-state index in [1.807, 2.05) is 39.0 Å². The molecule has 0 radical (unpaired) electrons. The third kappa shape index (κ3) is 6.97. The molecule has 0 unspecified atom stereocenters. The SMILES string of the molecule is C[C@@H](CCOCC(=O)OC(C)(C)C)c1ccccc1. The molecule has 0 heterocycles. The quantitative estimate of drug-likeness (QED) is 0.582. The first-order valence-electron chi connectivity index (χ1n) is 6.73. The zero-order valence-electron chi connectivity index (χ0n) is 12.3. The Morgan fingerprint density at radius 3 is 2.42 bits per heavy atom. The average Bonchev–Trinajstić information content (AvgIpc) is 2.33. The summed E-state index contributed by atoms with van der Waals surface area (Å²) in [5, 5.41) is 0. The number of carbonyl (C=O) groups excluding carboxylic acids is 1. The molecule has 3 nitrogen and oxygen atoms in total. The van der Waals surface area contributed by atoms with Crippen LogP contribution in [0.1, 0.15) is 45.6 Å². The standard InChI is InChI=1S/C16H24O3/c1-13(14-8-6-5-7-9-14)10-11-18-12-15(17)19-16(2,3)4/h5-9,13H,10-12H2,1-4H3/t13-/m0/s1. The Morgan fingerprint density at radius 1 is 1.21 bits per heavy atom. The predicted octanol–water partition coefficient (Wildman–Crippen LogP) is 3.54. The van der Waals surface area contributed by atoms with E-state index in [0.717, 1.165) is 6.42 Å². The minimum absolute atomic E-state index is 0.0266. The predicted molar refractivity (Wildman–Crippen MR) is 76.1 cm³/mol. The maximum atomic E-state index is 11.4. The Morgan fingerprint density at radius 2 is 1.84 bits per heavy atom. The number of hydrogen-bond acceptors (Lipinski definition) is 3. The van der Waals surface area contributed by atoms with Gasteiger partial charge in [-0.3, -0.25) is 0 Å². The molecule has 1 rings (SSSR count). The van der Waals surface area contributed by atoms with Crippen LogP contribution in [-0.4, -0.2) is 24.8 Å². The topological polar surface area (TPSA) is 35.5 Å². The first-order chi connectivity index (χ1) is 8.88. The molecule has 106 valence electrons. The summed E-state index contributed by atoms with van der Waals surface area (Å²) < 4.78 is 10.5. The summed E-state index contributed by atoms with van der Waals surface area (Å²) in [7, 11) is 0. The van der Waals surface area contributed by atoms with E-state index < -0.39 is 5.60 Å². The van der Waals surface area contributed by atoms with Crippen molar-refractivity contribution in [2.24, 2.45) is 0 Å². The van der Waals surface area contributed by atoms with E-state index in [1.165, 1.54) is 5.56 Å². The smallest absolute Gasteiger partial charge is 0.332 e. The van der Waals surface area contributed by atoms with Crippen molar-refractivity contribution < 1.29 is 14.3 Å². The molecule has 3 heteroatoms. The maximum absolute atomic E-state index is 11.4. The highest BCUT2D eigenvalue weighted by atomic mass is 16.6. The van der Waals surface area contributed by atoms with E-state index in [0.29, 0.717) is 12.5 Å². The van der Waals surface area contributed by atoms with Crippen molar-refractivity contribution in [1.82, 2.24) is 0 Å². The number of esters is 1. The van der Waals surface area contributed by atoms with Gasteiger partial charge in [0.2, 0.25) is 0 Å². The lowest BCUT2D eigenvalue weighted by Gasteiger charge is -2.19. The molecule has 0 aliphatic rings. The van der Waals surface area contributed by atoms with Crippen molar-refractivity contribution in [2.75, 3.05) is 13.2 Å². The summed E-state index contributed by atoms with van der Waals surface area (Å²) >= 11 is 0. The molecule has 0 aromatic heterocycles. The number of hydrogen-bond donors (Lipinski definition) is 0. The van der Waals surface area contributed by atoms with E-state index in [1.54, 1.807) is 0 Å². The number of rotatable bonds is 6. The summed E-state index contributed by atoms with van der Waals surface area (Å²) in [6.07, 6.45) is 0.896. The maximum Gasteiger partial charge on any atom is 0.332 e. The van der Waals surface area contributed by atoms with Crippen LogP contribution < -0.4 is 0 Å². The molecule has 1 atom stereocenters. The lowest BCUT2D eigenvalue weighted by Crippen LogP contribution is -2.26. The molecular formula is C16H24O3. The second kappa shape index (κ2) is 7.29. The van der Waals surface area contributed by atoms with Gasteiger partial charge >= 0.3 is 5.97 Å². The average molecular weight is 264 g/mol. The second-order valence-electron chi connectivity index (χ2n) is 5.74. The van der Waals surface area contributed by atoms with Crippen LogP contribution in [0.15, 0.2) is 30.3 Å². The Hall–Kier alpha value is -1.35. The van der Waals surface area contributed by atoms with Crippen LogP contribution in [0, 0.1) is 0 Å². The van der Waals surface area contributed by atoms with Gasteiger partial charge in [-0.15, -0.1) is 0 Å². The molecule has 1 aromatic carbocycles. The van der Waals surface area contributed by atoms with Crippen LogP contribution in [0.25, 0.3) is 0 Å². The molecule has 0 aliphatic heterocycles. The van der Waals surface area contributed by atoms with Gasteiger partial charge in [-0.2, -0.15) is 0 Å². The molecule has 0 saturated carbocycles. The molecule has 0 spiro atoms. The summed E-state index contributed by atoms with van der Waals surface area (Å²) in [4.78, 5) is 11.4. The van der Waals surface area contributed by atoms with Crippen LogP contribution in [0.3, 0.4) is 0 Å². The molecule has 0 amide bonds. The first kappa shape index (κ1) is 15.7. The van der Waals surface area contributed by atoms with Gasteiger partial charge in [0.1, 0.15) is 12.2 Å². The highest BCUT2D eigenvalue weighted by molar-refractivity contribution is 5.71. The van der Waals surface area contributed by atoms with E-state index in [-0.39, 0.29) is 12.6 Å². The highest BCUT2D eigenvalue weighted by Crippen LogP contribution is 2.18. The van der Waals surface area contributed by atoms with Crippen LogP contribution in [-0.2, 0) is 14.3 Å². The Kier molecular flexibility index (Phi) is 6.03. The van der Waals surface area contributed by atoms with Gasteiger partial charge in [0.15, 0.2) is 0 Å². The van der Waals surface area contributed by atoms with Crippen molar-refractivity contribution >= 4 is 5.97 Å². The van der Waals surface area contributed by atoms with E-state index in [2.05, 4.69) is 19.1 Å². The Balaban J connectivity index is 2.19. The van der Waals surface area contributed by atoms with Gasteiger partial charge < -0.3 is 9.47 Å². The second-order valence-corrected chi connectivity index (χ2v) is 5.74. The first-order valence-corrected chi connectivity index (χ1v) is 6.73. The Labute approximate surface area is 115 Å². The highest BCUT2D eigenvalue weighted by Gasteiger charge is 2.16. The largest absolute Gasteiger partial charge is 0.458 e. The zero-order valence-corrected chi connectivity index (χ0v) is 12.3. The van der Waals surface area contributed by atoms with E-state index in [4.69, 9.17) is 9.47 Å². The fraction of sp³-hybridized carbons (Fsp3) is 0.562. The van der Waals surface area contributed by atoms with Gasteiger partial charge in [-0.1, -0.05) is 37.3 Å². The molecule has 0 fully saturated rings. The number of carbonyl (C=O) groups is 1. The fourth-order valence-corrected chi connectivity index (χ4v) is 1.73. The third-order valence-corrected chi connectivity index (χ3v) is 2.70. The summed E-state index contributed by atoms with van der Waals surface area (Å²) in [6, 6.07) is 10.3. The fourth-order valence-electron chi connectivity index (χ4n) is 1.73. The van der Waals surface area contributed by atoms with Gasteiger partial charge in [0, 0.05) is 6.61 Å². The van der Waals surface area contributed by atoms with Crippen LogP contribution in [0.2, 0.25) is 0 Å². The lowest BCUT2D eigenvalue weighted by atomic mass is 9.98. The molecule has 0 saturated heterocycles. The van der Waals surface area contributed by atoms with Crippen molar-refractivity contribution in [2.45, 2.75) is 45.6 Å². The number of ether oxygens (including phenoxy) is 2. The van der Waals surface area contributed by atoms with Gasteiger partial charge in [0.05, 0.1) is 0 Å². The van der Waals surface area contributed by atoms with Crippen LogP contribution >= 0.6 is 0 Å². The molecule has 0 aliphatic carbocycles. The molecule has 0 bridgehead atoms. The monoisotopic (exact) mass is 264 g/mol. The van der Waals surface area contributed by atoms with E-state index >= 15 is 0 Å². The molecule has 0 N–H and O–H groups in total. The van der Waals surface area contributed by atoms with Crippen LogP contribution in [0.4, 0.5) is 0 Å². The lowest BCUT2D eigenvalue weighted by molar-refractivity contribution is -0.160. The summed E-state index contributed by atoms with van der Waals surface area (Å²) in [5.41, 5.74) is 0.848. The van der Waals surface area contributed by atoms with Crippen LogP contribution in [0.5, 0.6) is 0 Å². The van der Waals surface area contributed by atoms with Crippen molar-refractivity contribution in [3.8, 4) is 0 Å². The minimum atomic E-state index is -0.447. The van der Waals surface area contributed by atoms with Gasteiger partial charge in [-0.25, -0.2) is 4.79 Å². The molecule has 19 heavy (non-hydrogen) atoms. The normalized spacial score (nSPS) is 13.1. The third-order valence-electron chi connectivity index (χ3n) is 2.70. The zero-order chi connectivity index (χ0) is 14.3. The van der Waals surface area contributed by atoms with Gasteiger partial charge in [-0.05, 0) is 38.7 Å². The van der Waals surface area contributed by atoms with Gasteiger partial charge in [0.25, 0.3) is 0 Å². The van der Waals surface area contributed by atoms with Crippen molar-refractivity contribution in [3.63, 3.8) is 0 Å². The van der Waals surface area contributed by atoms with Crippen molar-refractivity contribution in [1.29, 1.82) is 0 Å². The summed E-state index contributed by atoms with van der Waals surface area (Å²) in [5.74, 6) is 0.125. The number of benzene rings is 1. The summed E-state index contributed by atoms with van der Waals surface area (Å²) in [6.45, 7) is 8.30. The van der Waals surface area contributed by atoms with Crippen molar-refractivity contribution in [3.05, 3.63) is 35.9 Å². The minimum Gasteiger partial charge on any atom is -0.458 e.